The zero-order chi connectivity index (χ0) is 14.5. The molecule has 1 heterocycles. The van der Waals surface area contributed by atoms with Gasteiger partial charge in [0.25, 0.3) is 0 Å². The molecule has 4 heteroatoms. The Labute approximate surface area is 121 Å². The number of ether oxygens (including phenoxy) is 1. The summed E-state index contributed by atoms with van der Waals surface area (Å²) < 4.78 is 5.01. The first-order valence-electron chi connectivity index (χ1n) is 7.33. The highest BCUT2D eigenvalue weighted by Crippen LogP contribution is 2.20. The Morgan fingerprint density at radius 1 is 1.30 bits per heavy atom. The molecule has 1 aliphatic heterocycles. The maximum atomic E-state index is 11.6. The van der Waals surface area contributed by atoms with Gasteiger partial charge in [-0.25, -0.2) is 4.79 Å². The lowest BCUT2D eigenvalue weighted by atomic mass is 10.0. The molecule has 2 rings (SSSR count). The first-order valence-corrected chi connectivity index (χ1v) is 7.33. The van der Waals surface area contributed by atoms with E-state index in [1.807, 2.05) is 0 Å². The number of hydrogen-bond acceptors (Lipinski definition) is 3. The Hall–Kier alpha value is -1.55. The molecule has 1 N–H and O–H groups in total. The van der Waals surface area contributed by atoms with Crippen LogP contribution in [-0.4, -0.2) is 37.2 Å². The number of rotatable bonds is 6. The Balaban J connectivity index is 2.15. The number of amides is 1. The number of aryl methyl sites for hydroxylation is 2. The van der Waals surface area contributed by atoms with Gasteiger partial charge in [0.2, 0.25) is 0 Å². The van der Waals surface area contributed by atoms with Gasteiger partial charge in [-0.1, -0.05) is 36.2 Å². The van der Waals surface area contributed by atoms with Crippen LogP contribution in [0.15, 0.2) is 18.2 Å². The summed E-state index contributed by atoms with van der Waals surface area (Å²) in [5, 5.41) is 3.54. The number of nitrogens with one attached hydrogen (secondary N) is 1. The molecule has 110 valence electrons. The Morgan fingerprint density at radius 2 is 2.00 bits per heavy atom. The lowest BCUT2D eigenvalue weighted by Gasteiger charge is -2.24. The minimum atomic E-state index is -0.197. The van der Waals surface area contributed by atoms with Crippen molar-refractivity contribution >= 4 is 6.09 Å². The van der Waals surface area contributed by atoms with Gasteiger partial charge in [-0.05, 0) is 32.4 Å². The number of hydrogen-bond donors (Lipinski definition) is 1. The average molecular weight is 276 g/mol. The molecule has 0 radical (unpaired) electrons. The lowest BCUT2D eigenvalue weighted by molar-refractivity contribution is 0.155. The molecule has 0 bridgehead atoms. The van der Waals surface area contributed by atoms with E-state index < -0.39 is 0 Å². The maximum absolute atomic E-state index is 11.6. The first-order chi connectivity index (χ1) is 9.60. The molecule has 1 fully saturated rings. The minimum absolute atomic E-state index is 0.166. The van der Waals surface area contributed by atoms with Gasteiger partial charge in [0.05, 0.1) is 12.6 Å². The molecule has 1 aliphatic rings. The summed E-state index contributed by atoms with van der Waals surface area (Å²) in [5.41, 5.74) is 3.76. The summed E-state index contributed by atoms with van der Waals surface area (Å²) in [6.45, 7) is 9.17. The quantitative estimate of drug-likeness (QED) is 0.868. The fourth-order valence-corrected chi connectivity index (χ4v) is 2.63. The van der Waals surface area contributed by atoms with Gasteiger partial charge in [0.1, 0.15) is 6.61 Å². The molecule has 1 unspecified atom stereocenters. The van der Waals surface area contributed by atoms with E-state index >= 15 is 0 Å². The highest BCUT2D eigenvalue weighted by atomic mass is 16.6. The molecule has 20 heavy (non-hydrogen) atoms. The van der Waals surface area contributed by atoms with Crippen LogP contribution in [0.2, 0.25) is 0 Å². The lowest BCUT2D eigenvalue weighted by Crippen LogP contribution is -2.36. The van der Waals surface area contributed by atoms with Gasteiger partial charge >= 0.3 is 6.09 Å². The van der Waals surface area contributed by atoms with E-state index in [1.165, 1.54) is 16.7 Å². The number of nitrogens with zero attached hydrogens (tertiary/aromatic N) is 1. The molecule has 4 nitrogen and oxygen atoms in total. The van der Waals surface area contributed by atoms with Crippen molar-refractivity contribution in [3.8, 4) is 0 Å². The molecule has 1 aromatic carbocycles. The monoisotopic (exact) mass is 276 g/mol. The van der Waals surface area contributed by atoms with Crippen molar-refractivity contribution in [3.05, 3.63) is 34.9 Å². The van der Waals surface area contributed by atoms with Gasteiger partial charge in [0, 0.05) is 6.54 Å². The number of carbonyl (C=O) groups is 1. The Kier molecular flexibility index (Phi) is 5.01. The second kappa shape index (κ2) is 6.75. The molecule has 0 aliphatic carbocycles. The summed E-state index contributed by atoms with van der Waals surface area (Å²) >= 11 is 0. The third-order valence-corrected chi connectivity index (χ3v) is 3.54. The fourth-order valence-electron chi connectivity index (χ4n) is 2.63. The minimum Gasteiger partial charge on any atom is -0.448 e. The number of benzene rings is 1. The van der Waals surface area contributed by atoms with E-state index in [0.29, 0.717) is 19.7 Å². The summed E-state index contributed by atoms with van der Waals surface area (Å²) in [4.78, 5) is 13.4. The van der Waals surface area contributed by atoms with Crippen LogP contribution in [0.5, 0.6) is 0 Å². The van der Waals surface area contributed by atoms with Crippen LogP contribution in [0, 0.1) is 13.8 Å². The van der Waals surface area contributed by atoms with Crippen molar-refractivity contribution in [1.82, 2.24) is 10.2 Å². The molecular formula is C16H24N2O2. The second-order valence-electron chi connectivity index (χ2n) is 5.49. The van der Waals surface area contributed by atoms with Crippen molar-refractivity contribution in [2.24, 2.45) is 0 Å². The highest BCUT2D eigenvalue weighted by Gasteiger charge is 2.25. The van der Waals surface area contributed by atoms with Crippen LogP contribution in [0.25, 0.3) is 0 Å². The standard InChI is InChI=1S/C16H24N2O2/c1-4-5-17-15(11-18-6-7-20-16(18)19)14-9-12(2)8-13(3)10-14/h8-10,15,17H,4-7,11H2,1-3H3. The zero-order valence-corrected chi connectivity index (χ0v) is 12.6. The van der Waals surface area contributed by atoms with Gasteiger partial charge in [0.15, 0.2) is 0 Å². The van der Waals surface area contributed by atoms with E-state index in [0.717, 1.165) is 13.0 Å². The van der Waals surface area contributed by atoms with Crippen molar-refractivity contribution in [1.29, 1.82) is 0 Å². The molecule has 0 saturated carbocycles. The van der Waals surface area contributed by atoms with E-state index in [2.05, 4.69) is 44.3 Å². The summed E-state index contributed by atoms with van der Waals surface area (Å²) in [5.74, 6) is 0. The van der Waals surface area contributed by atoms with Crippen LogP contribution < -0.4 is 5.32 Å². The predicted octanol–water partition coefficient (Wildman–Crippen LogP) is 2.80. The fraction of sp³-hybridized carbons (Fsp3) is 0.562. The predicted molar refractivity (Wildman–Crippen MR) is 79.9 cm³/mol. The van der Waals surface area contributed by atoms with Crippen LogP contribution >= 0.6 is 0 Å². The van der Waals surface area contributed by atoms with Crippen LogP contribution in [0.4, 0.5) is 4.79 Å². The van der Waals surface area contributed by atoms with Crippen molar-refractivity contribution in [2.75, 3.05) is 26.2 Å². The third-order valence-electron chi connectivity index (χ3n) is 3.54. The topological polar surface area (TPSA) is 41.6 Å². The maximum Gasteiger partial charge on any atom is 0.410 e. The Morgan fingerprint density at radius 3 is 2.55 bits per heavy atom. The van der Waals surface area contributed by atoms with Gasteiger partial charge in [-0.15, -0.1) is 0 Å². The van der Waals surface area contributed by atoms with E-state index in [9.17, 15) is 4.79 Å². The molecule has 1 aromatic rings. The molecule has 0 spiro atoms. The number of cyclic esters (lactones) is 1. The smallest absolute Gasteiger partial charge is 0.410 e. The van der Waals surface area contributed by atoms with Gasteiger partial charge in [-0.2, -0.15) is 0 Å². The first kappa shape index (κ1) is 14.9. The molecule has 1 amide bonds. The molecule has 1 atom stereocenters. The molecule has 1 saturated heterocycles. The SMILES string of the molecule is CCCNC(CN1CCOC1=O)c1cc(C)cc(C)c1. The van der Waals surface area contributed by atoms with E-state index in [1.54, 1.807) is 4.90 Å². The zero-order valence-electron chi connectivity index (χ0n) is 12.6. The summed E-state index contributed by atoms with van der Waals surface area (Å²) in [7, 11) is 0. The largest absolute Gasteiger partial charge is 0.448 e. The highest BCUT2D eigenvalue weighted by molar-refractivity contribution is 5.69. The summed E-state index contributed by atoms with van der Waals surface area (Å²) in [6, 6.07) is 6.73. The second-order valence-corrected chi connectivity index (χ2v) is 5.49. The Bertz CT molecular complexity index is 453. The van der Waals surface area contributed by atoms with Crippen molar-refractivity contribution in [3.63, 3.8) is 0 Å². The molecular weight excluding hydrogens is 252 g/mol. The number of carbonyl (C=O) groups excluding carboxylic acids is 1. The van der Waals surface area contributed by atoms with Crippen LogP contribution in [-0.2, 0) is 4.74 Å². The van der Waals surface area contributed by atoms with Crippen LogP contribution in [0.1, 0.15) is 36.1 Å². The van der Waals surface area contributed by atoms with Crippen molar-refractivity contribution < 1.29 is 9.53 Å². The normalized spacial score (nSPS) is 16.4. The van der Waals surface area contributed by atoms with E-state index in [4.69, 9.17) is 4.74 Å². The van der Waals surface area contributed by atoms with Crippen LogP contribution in [0.3, 0.4) is 0 Å². The van der Waals surface area contributed by atoms with Gasteiger partial charge < -0.3 is 15.0 Å². The summed E-state index contributed by atoms with van der Waals surface area (Å²) in [6.07, 6.45) is 0.879. The van der Waals surface area contributed by atoms with E-state index in [-0.39, 0.29) is 12.1 Å². The average Bonchev–Trinajstić information content (AvgIpc) is 2.78. The van der Waals surface area contributed by atoms with Crippen molar-refractivity contribution in [2.45, 2.75) is 33.2 Å². The third kappa shape index (κ3) is 3.73. The van der Waals surface area contributed by atoms with Gasteiger partial charge in [-0.3, -0.25) is 0 Å². The molecule has 0 aromatic heterocycles.